The van der Waals surface area contributed by atoms with E-state index in [9.17, 15) is 4.79 Å². The second-order valence-corrected chi connectivity index (χ2v) is 4.64. The van der Waals surface area contributed by atoms with Crippen molar-refractivity contribution in [1.82, 2.24) is 0 Å². The summed E-state index contributed by atoms with van der Waals surface area (Å²) in [4.78, 5) is 11.6. The van der Waals surface area contributed by atoms with Gasteiger partial charge < -0.3 is 15.2 Å². The number of methoxy groups -OCH3 is 1. The summed E-state index contributed by atoms with van der Waals surface area (Å²) in [6.07, 6.45) is 3.99. The van der Waals surface area contributed by atoms with Gasteiger partial charge in [-0.3, -0.25) is 0 Å². The molecular weight excluding hydrogens is 266 g/mol. The van der Waals surface area contributed by atoms with Crippen molar-refractivity contribution < 1.29 is 14.3 Å². The van der Waals surface area contributed by atoms with Gasteiger partial charge in [0, 0.05) is 6.04 Å². The van der Waals surface area contributed by atoms with Gasteiger partial charge in [0.2, 0.25) is 0 Å². The molecule has 0 atom stereocenters. The second kappa shape index (κ2) is 7.36. The predicted octanol–water partition coefficient (Wildman–Crippen LogP) is 2.54. The molecule has 1 saturated carbocycles. The van der Waals surface area contributed by atoms with E-state index >= 15 is 0 Å². The van der Waals surface area contributed by atoms with Crippen molar-refractivity contribution in [1.29, 1.82) is 0 Å². The van der Waals surface area contributed by atoms with E-state index in [-0.39, 0.29) is 24.5 Å². The number of esters is 1. The average Bonchev–Trinajstić information content (AvgIpc) is 2.41. The Labute approximate surface area is 119 Å². The van der Waals surface area contributed by atoms with E-state index in [1.807, 2.05) is 6.07 Å². The van der Waals surface area contributed by atoms with Crippen molar-refractivity contribution >= 4 is 18.4 Å². The number of hydrogen-bond donors (Lipinski definition) is 1. The minimum absolute atomic E-state index is 0. The number of halogens is 1. The highest BCUT2D eigenvalue weighted by Crippen LogP contribution is 2.26. The normalized spacial score (nSPS) is 22.2. The minimum Gasteiger partial charge on any atom is -0.490 e. The lowest BCUT2D eigenvalue weighted by molar-refractivity contribution is 0.0590. The molecule has 0 radical (unpaired) electrons. The van der Waals surface area contributed by atoms with Gasteiger partial charge in [0.05, 0.1) is 13.2 Å². The van der Waals surface area contributed by atoms with Gasteiger partial charge in [0.25, 0.3) is 0 Å². The maximum absolute atomic E-state index is 11.6. The predicted molar refractivity (Wildman–Crippen MR) is 75.9 cm³/mol. The number of nitrogens with two attached hydrogens (primary N) is 1. The first-order valence-electron chi connectivity index (χ1n) is 6.30. The summed E-state index contributed by atoms with van der Waals surface area (Å²) in [6.45, 7) is 0. The minimum atomic E-state index is -0.363. The summed E-state index contributed by atoms with van der Waals surface area (Å²) in [5.74, 6) is 0.239. The molecule has 0 spiro atoms. The van der Waals surface area contributed by atoms with Gasteiger partial charge in [0.15, 0.2) is 0 Å². The van der Waals surface area contributed by atoms with E-state index in [2.05, 4.69) is 0 Å². The van der Waals surface area contributed by atoms with Crippen LogP contribution in [0.4, 0.5) is 0 Å². The molecule has 2 rings (SSSR count). The van der Waals surface area contributed by atoms with Crippen LogP contribution in [-0.4, -0.2) is 25.2 Å². The zero-order valence-corrected chi connectivity index (χ0v) is 11.8. The number of hydrogen-bond acceptors (Lipinski definition) is 4. The van der Waals surface area contributed by atoms with Crippen LogP contribution in [0.25, 0.3) is 0 Å². The number of rotatable bonds is 3. The first-order valence-corrected chi connectivity index (χ1v) is 6.30. The molecule has 1 fully saturated rings. The molecule has 1 aromatic rings. The van der Waals surface area contributed by atoms with Crippen LogP contribution in [0.5, 0.6) is 5.75 Å². The Morgan fingerprint density at radius 2 is 1.84 bits per heavy atom. The summed E-state index contributed by atoms with van der Waals surface area (Å²) >= 11 is 0. The molecule has 4 nitrogen and oxygen atoms in total. The van der Waals surface area contributed by atoms with Crippen molar-refractivity contribution in [2.75, 3.05) is 7.11 Å². The molecule has 2 N–H and O–H groups in total. The topological polar surface area (TPSA) is 61.5 Å². The van der Waals surface area contributed by atoms with E-state index in [1.165, 1.54) is 7.11 Å². The third-order valence-electron chi connectivity index (χ3n) is 3.30. The molecular formula is C14H20ClNO3. The Morgan fingerprint density at radius 3 is 2.47 bits per heavy atom. The van der Waals surface area contributed by atoms with E-state index < -0.39 is 0 Å². The van der Waals surface area contributed by atoms with Crippen LogP contribution in [0.15, 0.2) is 24.3 Å². The molecule has 1 aliphatic carbocycles. The molecule has 1 aliphatic rings. The maximum atomic E-state index is 11.6. The van der Waals surface area contributed by atoms with Gasteiger partial charge >= 0.3 is 5.97 Å². The van der Waals surface area contributed by atoms with Crippen LogP contribution < -0.4 is 10.5 Å². The number of para-hydroxylation sites is 1. The fraction of sp³-hybridized carbons (Fsp3) is 0.500. The average molecular weight is 286 g/mol. The number of carbonyl (C=O) groups is 1. The number of carbonyl (C=O) groups excluding carboxylic acids is 1. The largest absolute Gasteiger partial charge is 0.490 e. The van der Waals surface area contributed by atoms with Gasteiger partial charge in [0.1, 0.15) is 11.3 Å². The molecule has 106 valence electrons. The van der Waals surface area contributed by atoms with Crippen molar-refractivity contribution in [2.45, 2.75) is 37.8 Å². The highest BCUT2D eigenvalue weighted by molar-refractivity contribution is 5.92. The standard InChI is InChI=1S/C14H19NO3.ClH/c1-17-14(16)12-4-2-3-5-13(12)18-11-8-6-10(15)7-9-11;/h2-5,10-11H,6-9,15H2,1H3;1H. The van der Waals surface area contributed by atoms with E-state index in [1.54, 1.807) is 18.2 Å². The molecule has 1 aromatic carbocycles. The van der Waals surface area contributed by atoms with Gasteiger partial charge in [-0.05, 0) is 37.8 Å². The monoisotopic (exact) mass is 285 g/mol. The van der Waals surface area contributed by atoms with Gasteiger partial charge in [-0.2, -0.15) is 0 Å². The second-order valence-electron chi connectivity index (χ2n) is 4.64. The highest BCUT2D eigenvalue weighted by atomic mass is 35.5. The fourth-order valence-corrected chi connectivity index (χ4v) is 2.23. The lowest BCUT2D eigenvalue weighted by atomic mass is 9.93. The lowest BCUT2D eigenvalue weighted by Crippen LogP contribution is -2.32. The Bertz CT molecular complexity index is 417. The fourth-order valence-electron chi connectivity index (χ4n) is 2.23. The molecule has 0 amide bonds. The van der Waals surface area contributed by atoms with Crippen molar-refractivity contribution in [3.63, 3.8) is 0 Å². The molecule has 0 heterocycles. The van der Waals surface area contributed by atoms with Crippen LogP contribution in [0.3, 0.4) is 0 Å². The van der Waals surface area contributed by atoms with Crippen LogP contribution in [0.1, 0.15) is 36.0 Å². The number of ether oxygens (including phenoxy) is 2. The lowest BCUT2D eigenvalue weighted by Gasteiger charge is -2.27. The third kappa shape index (κ3) is 4.11. The molecule has 0 aromatic heterocycles. The Morgan fingerprint density at radius 1 is 1.21 bits per heavy atom. The quantitative estimate of drug-likeness (QED) is 0.867. The summed E-state index contributed by atoms with van der Waals surface area (Å²) in [6, 6.07) is 7.48. The zero-order chi connectivity index (χ0) is 13.0. The summed E-state index contributed by atoms with van der Waals surface area (Å²) in [5.41, 5.74) is 6.34. The Kier molecular flexibility index (Phi) is 6.12. The molecule has 5 heteroatoms. The smallest absolute Gasteiger partial charge is 0.341 e. The van der Waals surface area contributed by atoms with Crippen LogP contribution in [-0.2, 0) is 4.74 Å². The molecule has 0 aliphatic heterocycles. The molecule has 19 heavy (non-hydrogen) atoms. The van der Waals surface area contributed by atoms with Gasteiger partial charge in [-0.1, -0.05) is 12.1 Å². The van der Waals surface area contributed by atoms with Gasteiger partial charge in [-0.25, -0.2) is 4.79 Å². The number of benzene rings is 1. The first kappa shape index (κ1) is 15.8. The SMILES string of the molecule is COC(=O)c1ccccc1OC1CCC(N)CC1.Cl. The van der Waals surface area contributed by atoms with Crippen LogP contribution in [0, 0.1) is 0 Å². The zero-order valence-electron chi connectivity index (χ0n) is 11.0. The van der Waals surface area contributed by atoms with Crippen molar-refractivity contribution in [3.05, 3.63) is 29.8 Å². The Hall–Kier alpha value is -1.26. The highest BCUT2D eigenvalue weighted by Gasteiger charge is 2.22. The van der Waals surface area contributed by atoms with Crippen molar-refractivity contribution in [3.8, 4) is 5.75 Å². The summed E-state index contributed by atoms with van der Waals surface area (Å²) in [5, 5.41) is 0. The van der Waals surface area contributed by atoms with Crippen LogP contribution >= 0.6 is 12.4 Å². The van der Waals surface area contributed by atoms with Crippen LogP contribution in [0.2, 0.25) is 0 Å². The van der Waals surface area contributed by atoms with E-state index in [0.717, 1.165) is 25.7 Å². The molecule has 0 bridgehead atoms. The first-order chi connectivity index (χ1) is 8.70. The van der Waals surface area contributed by atoms with E-state index in [4.69, 9.17) is 15.2 Å². The summed E-state index contributed by atoms with van der Waals surface area (Å²) in [7, 11) is 1.37. The molecule has 0 saturated heterocycles. The summed E-state index contributed by atoms with van der Waals surface area (Å²) < 4.78 is 10.6. The molecule has 0 unspecified atom stereocenters. The Balaban J connectivity index is 0.00000180. The van der Waals surface area contributed by atoms with E-state index in [0.29, 0.717) is 17.4 Å². The van der Waals surface area contributed by atoms with Crippen molar-refractivity contribution in [2.24, 2.45) is 5.73 Å². The third-order valence-corrected chi connectivity index (χ3v) is 3.30. The maximum Gasteiger partial charge on any atom is 0.341 e. The van der Waals surface area contributed by atoms with Gasteiger partial charge in [-0.15, -0.1) is 12.4 Å².